The molecule has 0 saturated heterocycles. The minimum atomic E-state index is -0.833. The standard InChI is InChI=1S/C12H23N.C2H4O2.C2H6/c1-3-5-12(2)6-4-10-9(8-13)7-11(10)12;1-2(3)4;1-2/h9-11H,3-8,13H2,1-2H3;1H3,(H,3,4);1-2H3/t9-,10+,11?,12+;;/m0../s1. The van der Waals surface area contributed by atoms with Crippen LogP contribution in [-0.4, -0.2) is 17.6 Å². The van der Waals surface area contributed by atoms with Crippen molar-refractivity contribution in [3.63, 3.8) is 0 Å². The summed E-state index contributed by atoms with van der Waals surface area (Å²) in [5.74, 6) is 2.08. The Morgan fingerprint density at radius 1 is 1.42 bits per heavy atom. The molecule has 0 radical (unpaired) electrons. The van der Waals surface area contributed by atoms with Gasteiger partial charge in [-0.2, -0.15) is 0 Å². The van der Waals surface area contributed by atoms with Gasteiger partial charge < -0.3 is 10.8 Å². The maximum Gasteiger partial charge on any atom is 0.300 e. The number of carboxylic acid groups (broad SMARTS) is 1. The quantitative estimate of drug-likeness (QED) is 0.818. The summed E-state index contributed by atoms with van der Waals surface area (Å²) in [6, 6.07) is 0. The number of hydrogen-bond donors (Lipinski definition) is 2. The van der Waals surface area contributed by atoms with Gasteiger partial charge in [0.15, 0.2) is 0 Å². The third kappa shape index (κ3) is 4.79. The minimum Gasteiger partial charge on any atom is -0.481 e. The Morgan fingerprint density at radius 2 is 1.95 bits per heavy atom. The van der Waals surface area contributed by atoms with Gasteiger partial charge in [0.05, 0.1) is 0 Å². The summed E-state index contributed by atoms with van der Waals surface area (Å²) >= 11 is 0. The van der Waals surface area contributed by atoms with Gasteiger partial charge in [0.25, 0.3) is 5.97 Å². The Kier molecular flexibility index (Phi) is 8.31. The van der Waals surface area contributed by atoms with Gasteiger partial charge in [0.2, 0.25) is 0 Å². The highest BCUT2D eigenvalue weighted by molar-refractivity contribution is 5.62. The van der Waals surface area contributed by atoms with Gasteiger partial charge >= 0.3 is 0 Å². The summed E-state index contributed by atoms with van der Waals surface area (Å²) in [4.78, 5) is 9.00. The summed E-state index contributed by atoms with van der Waals surface area (Å²) < 4.78 is 0. The molecule has 4 atom stereocenters. The number of nitrogens with two attached hydrogens (primary N) is 1. The first-order valence-corrected chi connectivity index (χ1v) is 7.84. The maximum atomic E-state index is 9.00. The van der Waals surface area contributed by atoms with E-state index in [0.717, 1.165) is 31.2 Å². The number of fused-ring (bicyclic) bond motifs is 1. The predicted molar refractivity (Wildman–Crippen MR) is 81.0 cm³/mol. The van der Waals surface area contributed by atoms with Crippen LogP contribution in [0.1, 0.15) is 66.7 Å². The van der Waals surface area contributed by atoms with Crippen LogP contribution in [0.25, 0.3) is 0 Å². The fourth-order valence-electron chi connectivity index (χ4n) is 3.88. The zero-order valence-corrected chi connectivity index (χ0v) is 13.4. The van der Waals surface area contributed by atoms with Crippen LogP contribution in [0.2, 0.25) is 0 Å². The normalized spacial score (nSPS) is 34.9. The third-order valence-corrected chi connectivity index (χ3v) is 4.75. The summed E-state index contributed by atoms with van der Waals surface area (Å²) in [7, 11) is 0. The average molecular weight is 271 g/mol. The topological polar surface area (TPSA) is 63.3 Å². The van der Waals surface area contributed by atoms with Gasteiger partial charge in [-0.3, -0.25) is 4.79 Å². The molecule has 2 fully saturated rings. The lowest BCUT2D eigenvalue weighted by atomic mass is 9.59. The smallest absolute Gasteiger partial charge is 0.300 e. The van der Waals surface area contributed by atoms with Crippen molar-refractivity contribution in [2.75, 3.05) is 6.54 Å². The number of rotatable bonds is 3. The first kappa shape index (κ1) is 18.4. The molecule has 2 rings (SSSR count). The molecule has 3 nitrogen and oxygen atoms in total. The van der Waals surface area contributed by atoms with Crippen molar-refractivity contribution in [3.05, 3.63) is 0 Å². The van der Waals surface area contributed by atoms with E-state index < -0.39 is 5.97 Å². The summed E-state index contributed by atoms with van der Waals surface area (Å²) in [5.41, 5.74) is 6.44. The Bertz CT molecular complexity index is 263. The molecule has 0 aromatic rings. The molecule has 0 bridgehead atoms. The largest absolute Gasteiger partial charge is 0.481 e. The van der Waals surface area contributed by atoms with Crippen LogP contribution in [0.5, 0.6) is 0 Å². The van der Waals surface area contributed by atoms with E-state index in [9.17, 15) is 0 Å². The fourth-order valence-corrected chi connectivity index (χ4v) is 3.88. The van der Waals surface area contributed by atoms with E-state index >= 15 is 0 Å². The Labute approximate surface area is 119 Å². The van der Waals surface area contributed by atoms with Crippen molar-refractivity contribution >= 4 is 5.97 Å². The van der Waals surface area contributed by atoms with Crippen molar-refractivity contribution < 1.29 is 9.90 Å². The molecule has 2 saturated carbocycles. The zero-order valence-electron chi connectivity index (χ0n) is 13.4. The van der Waals surface area contributed by atoms with Crippen LogP contribution in [0, 0.1) is 23.2 Å². The SMILES string of the molecule is CC.CC(=O)O.CCC[C@]1(C)CC[C@H]2C1C[C@H]2CN. The molecular formula is C16H33NO2. The van der Waals surface area contributed by atoms with Crippen LogP contribution in [0.15, 0.2) is 0 Å². The van der Waals surface area contributed by atoms with Crippen LogP contribution in [0.3, 0.4) is 0 Å². The lowest BCUT2D eigenvalue weighted by Crippen LogP contribution is -2.43. The highest BCUT2D eigenvalue weighted by Gasteiger charge is 2.53. The predicted octanol–water partition coefficient (Wildman–Crippen LogP) is 3.91. The van der Waals surface area contributed by atoms with Crippen molar-refractivity contribution in [1.29, 1.82) is 0 Å². The third-order valence-electron chi connectivity index (χ3n) is 4.75. The van der Waals surface area contributed by atoms with E-state index in [1.165, 1.54) is 32.1 Å². The second-order valence-corrected chi connectivity index (χ2v) is 5.96. The van der Waals surface area contributed by atoms with Gasteiger partial charge in [-0.15, -0.1) is 0 Å². The highest BCUT2D eigenvalue weighted by atomic mass is 16.4. The fraction of sp³-hybridized carbons (Fsp3) is 0.938. The van der Waals surface area contributed by atoms with Gasteiger partial charge in [-0.05, 0) is 55.4 Å². The second-order valence-electron chi connectivity index (χ2n) is 5.96. The molecule has 114 valence electrons. The van der Waals surface area contributed by atoms with Crippen molar-refractivity contribution in [1.82, 2.24) is 0 Å². The van der Waals surface area contributed by atoms with Gasteiger partial charge in [0.1, 0.15) is 0 Å². The van der Waals surface area contributed by atoms with Crippen LogP contribution >= 0.6 is 0 Å². The van der Waals surface area contributed by atoms with Crippen molar-refractivity contribution in [3.8, 4) is 0 Å². The van der Waals surface area contributed by atoms with Gasteiger partial charge in [-0.1, -0.05) is 34.1 Å². The van der Waals surface area contributed by atoms with Crippen molar-refractivity contribution in [2.45, 2.75) is 66.7 Å². The summed E-state index contributed by atoms with van der Waals surface area (Å²) in [6.45, 7) is 10.8. The van der Waals surface area contributed by atoms with Crippen molar-refractivity contribution in [2.24, 2.45) is 28.9 Å². The first-order valence-electron chi connectivity index (χ1n) is 7.84. The summed E-state index contributed by atoms with van der Waals surface area (Å²) in [6.07, 6.45) is 7.14. The molecule has 0 amide bonds. The van der Waals surface area contributed by atoms with Gasteiger partial charge in [-0.25, -0.2) is 0 Å². The first-order chi connectivity index (χ1) is 8.94. The van der Waals surface area contributed by atoms with Gasteiger partial charge in [0, 0.05) is 6.92 Å². The molecule has 2 aliphatic rings. The van der Waals surface area contributed by atoms with Crippen LogP contribution in [-0.2, 0) is 4.79 Å². The lowest BCUT2D eigenvalue weighted by Gasteiger charge is -2.47. The monoisotopic (exact) mass is 271 g/mol. The van der Waals surface area contributed by atoms with E-state index in [0.29, 0.717) is 5.41 Å². The number of carboxylic acids is 1. The highest BCUT2D eigenvalue weighted by Crippen LogP contribution is 2.61. The molecule has 0 aliphatic heterocycles. The number of carbonyl (C=O) groups is 1. The van der Waals surface area contributed by atoms with E-state index in [-0.39, 0.29) is 0 Å². The summed E-state index contributed by atoms with van der Waals surface area (Å²) in [5, 5.41) is 7.42. The molecule has 0 aromatic carbocycles. The molecule has 1 unspecified atom stereocenters. The van der Waals surface area contributed by atoms with E-state index in [2.05, 4.69) is 13.8 Å². The van der Waals surface area contributed by atoms with Crippen LogP contribution in [0.4, 0.5) is 0 Å². The molecule has 0 heterocycles. The van der Waals surface area contributed by atoms with Crippen LogP contribution < -0.4 is 5.73 Å². The molecule has 2 aliphatic carbocycles. The maximum absolute atomic E-state index is 9.00. The Morgan fingerprint density at radius 3 is 2.37 bits per heavy atom. The molecule has 0 spiro atoms. The number of aliphatic carboxylic acids is 1. The minimum absolute atomic E-state index is 0.686. The number of hydrogen-bond acceptors (Lipinski definition) is 2. The molecule has 0 aromatic heterocycles. The van der Waals surface area contributed by atoms with E-state index in [1.807, 2.05) is 13.8 Å². The average Bonchev–Trinajstić information content (AvgIpc) is 2.54. The molecule has 3 heteroatoms. The van der Waals surface area contributed by atoms with E-state index in [4.69, 9.17) is 15.6 Å². The molecule has 19 heavy (non-hydrogen) atoms. The molecule has 3 N–H and O–H groups in total. The zero-order chi connectivity index (χ0) is 15.1. The molecular weight excluding hydrogens is 238 g/mol. The Balaban J connectivity index is 0.000000467. The lowest BCUT2D eigenvalue weighted by molar-refractivity contribution is -0.134. The van der Waals surface area contributed by atoms with E-state index in [1.54, 1.807) is 0 Å². The second kappa shape index (κ2) is 8.57. The Hall–Kier alpha value is -0.570.